The second-order valence-electron chi connectivity index (χ2n) is 5.77. The molecule has 0 aliphatic carbocycles. The average Bonchev–Trinajstić information content (AvgIpc) is 2.71. The summed E-state index contributed by atoms with van der Waals surface area (Å²) in [6, 6.07) is 18.5. The van der Waals surface area contributed by atoms with Crippen molar-refractivity contribution in [1.29, 1.82) is 0 Å². The Hall–Kier alpha value is -1.45. The second-order valence-corrected chi connectivity index (χ2v) is 6.94. The van der Waals surface area contributed by atoms with Crippen LogP contribution in [0.15, 0.2) is 64.5 Å². The number of halogens is 1. The van der Waals surface area contributed by atoms with Crippen molar-refractivity contribution in [3.63, 3.8) is 0 Å². The van der Waals surface area contributed by atoms with Gasteiger partial charge in [-0.15, -0.1) is 35.7 Å². The van der Waals surface area contributed by atoms with Gasteiger partial charge in [0.25, 0.3) is 0 Å². The number of aliphatic imine (C=N–C) groups is 1. The van der Waals surface area contributed by atoms with Gasteiger partial charge in [0, 0.05) is 30.8 Å². The van der Waals surface area contributed by atoms with Crippen LogP contribution in [0.2, 0.25) is 0 Å². The van der Waals surface area contributed by atoms with Crippen LogP contribution in [-0.4, -0.2) is 45.1 Å². The molecule has 0 fully saturated rings. The first-order chi connectivity index (χ1) is 13.3. The molecule has 0 aromatic heterocycles. The molecule has 154 valence electrons. The Labute approximate surface area is 189 Å². The monoisotopic (exact) mass is 515 g/mol. The van der Waals surface area contributed by atoms with E-state index in [-0.39, 0.29) is 24.0 Å². The van der Waals surface area contributed by atoms with Gasteiger partial charge in [-0.3, -0.25) is 0 Å². The summed E-state index contributed by atoms with van der Waals surface area (Å²) in [5, 5.41) is 6.67. The average molecular weight is 515 g/mol. The van der Waals surface area contributed by atoms with Gasteiger partial charge in [0.2, 0.25) is 0 Å². The molecule has 0 radical (unpaired) electrons. The van der Waals surface area contributed by atoms with Crippen LogP contribution in [0.3, 0.4) is 0 Å². The fraction of sp³-hybridized carbons (Fsp3) is 0.381. The molecule has 0 aliphatic heterocycles. The number of hydrogen-bond donors (Lipinski definition) is 2. The van der Waals surface area contributed by atoms with Crippen LogP contribution in [0.1, 0.15) is 12.5 Å². The van der Waals surface area contributed by atoms with Crippen molar-refractivity contribution in [2.24, 2.45) is 4.99 Å². The van der Waals surface area contributed by atoms with E-state index >= 15 is 0 Å². The van der Waals surface area contributed by atoms with Gasteiger partial charge in [-0.2, -0.15) is 0 Å². The lowest BCUT2D eigenvalue weighted by Gasteiger charge is -2.11. The highest BCUT2D eigenvalue weighted by molar-refractivity contribution is 14.0. The zero-order valence-electron chi connectivity index (χ0n) is 16.5. The molecule has 0 bridgehead atoms. The summed E-state index contributed by atoms with van der Waals surface area (Å²) in [6.45, 7) is 5.54. The maximum Gasteiger partial charge on any atom is 0.191 e. The van der Waals surface area contributed by atoms with E-state index in [9.17, 15) is 0 Å². The largest absolute Gasteiger partial charge is 0.491 e. The second kappa shape index (κ2) is 15.5. The molecule has 2 rings (SSSR count). The maximum atomic E-state index is 5.58. The van der Waals surface area contributed by atoms with E-state index in [1.54, 1.807) is 7.11 Å². The minimum Gasteiger partial charge on any atom is -0.491 e. The van der Waals surface area contributed by atoms with Gasteiger partial charge in [0.05, 0.1) is 13.2 Å². The van der Waals surface area contributed by atoms with Gasteiger partial charge >= 0.3 is 0 Å². The highest BCUT2D eigenvalue weighted by Gasteiger charge is 1.99. The van der Waals surface area contributed by atoms with Crippen LogP contribution in [-0.2, 0) is 11.3 Å². The van der Waals surface area contributed by atoms with Crippen molar-refractivity contribution < 1.29 is 9.47 Å². The Bertz CT molecular complexity index is 669. The van der Waals surface area contributed by atoms with Crippen molar-refractivity contribution >= 4 is 41.7 Å². The third-order valence-electron chi connectivity index (χ3n) is 3.65. The molecule has 0 aliphatic rings. The van der Waals surface area contributed by atoms with Gasteiger partial charge in [-0.05, 0) is 36.8 Å². The van der Waals surface area contributed by atoms with Crippen molar-refractivity contribution in [3.05, 3.63) is 60.2 Å². The first-order valence-corrected chi connectivity index (χ1v) is 10.2. The molecule has 5 nitrogen and oxygen atoms in total. The molecule has 7 heteroatoms. The molecule has 0 heterocycles. The Morgan fingerprint density at radius 2 is 1.75 bits per heavy atom. The molecular formula is C21H30IN3O2S. The number of ether oxygens (including phenoxy) is 2. The normalized spacial score (nSPS) is 10.9. The molecule has 0 amide bonds. The number of thioether (sulfide) groups is 1. The predicted molar refractivity (Wildman–Crippen MR) is 129 cm³/mol. The number of rotatable bonds is 11. The summed E-state index contributed by atoms with van der Waals surface area (Å²) in [5.74, 6) is 2.68. The van der Waals surface area contributed by atoms with Crippen LogP contribution in [0.25, 0.3) is 0 Å². The smallest absolute Gasteiger partial charge is 0.191 e. The SMILES string of the molecule is CCNC(=NCc1ccc(OCCOC)cc1)NCCSc1ccccc1.I. The van der Waals surface area contributed by atoms with E-state index < -0.39 is 0 Å². The lowest BCUT2D eigenvalue weighted by atomic mass is 10.2. The van der Waals surface area contributed by atoms with E-state index in [0.29, 0.717) is 19.8 Å². The fourth-order valence-corrected chi connectivity index (χ4v) is 3.09. The zero-order chi connectivity index (χ0) is 19.2. The van der Waals surface area contributed by atoms with Crippen LogP contribution in [0.4, 0.5) is 0 Å². The van der Waals surface area contributed by atoms with Crippen molar-refractivity contribution in [2.75, 3.05) is 39.2 Å². The van der Waals surface area contributed by atoms with Crippen LogP contribution < -0.4 is 15.4 Å². The van der Waals surface area contributed by atoms with Gasteiger partial charge in [0.15, 0.2) is 5.96 Å². The van der Waals surface area contributed by atoms with Crippen molar-refractivity contribution in [1.82, 2.24) is 10.6 Å². The lowest BCUT2D eigenvalue weighted by molar-refractivity contribution is 0.146. The molecule has 0 saturated carbocycles. The van der Waals surface area contributed by atoms with E-state index in [1.807, 2.05) is 42.1 Å². The summed E-state index contributed by atoms with van der Waals surface area (Å²) in [6.07, 6.45) is 0. The summed E-state index contributed by atoms with van der Waals surface area (Å²) in [5.41, 5.74) is 1.14. The number of methoxy groups -OCH3 is 1. The Kier molecular flexibility index (Phi) is 13.6. The van der Waals surface area contributed by atoms with E-state index in [1.165, 1.54) is 4.90 Å². The molecule has 28 heavy (non-hydrogen) atoms. The molecule has 2 aromatic rings. The molecular weight excluding hydrogens is 485 g/mol. The topological polar surface area (TPSA) is 54.9 Å². The summed E-state index contributed by atoms with van der Waals surface area (Å²) in [7, 11) is 1.67. The molecule has 0 saturated heterocycles. The number of benzene rings is 2. The highest BCUT2D eigenvalue weighted by Crippen LogP contribution is 2.16. The summed E-state index contributed by atoms with van der Waals surface area (Å²) in [4.78, 5) is 5.94. The Morgan fingerprint density at radius 3 is 2.43 bits per heavy atom. The summed E-state index contributed by atoms with van der Waals surface area (Å²) >= 11 is 1.84. The zero-order valence-corrected chi connectivity index (χ0v) is 19.7. The third-order valence-corrected chi connectivity index (χ3v) is 4.66. The van der Waals surface area contributed by atoms with Gasteiger partial charge in [0.1, 0.15) is 12.4 Å². The van der Waals surface area contributed by atoms with Crippen molar-refractivity contribution in [2.45, 2.75) is 18.4 Å². The number of nitrogens with zero attached hydrogens (tertiary/aromatic N) is 1. The van der Waals surface area contributed by atoms with Gasteiger partial charge in [-0.25, -0.2) is 4.99 Å². The first kappa shape index (κ1) is 24.6. The third kappa shape index (κ3) is 10.2. The highest BCUT2D eigenvalue weighted by atomic mass is 127. The fourth-order valence-electron chi connectivity index (χ4n) is 2.30. The number of guanidine groups is 1. The molecule has 0 spiro atoms. The molecule has 2 N–H and O–H groups in total. The van der Waals surface area contributed by atoms with Crippen LogP contribution in [0, 0.1) is 0 Å². The van der Waals surface area contributed by atoms with E-state index in [2.05, 4.69) is 46.8 Å². The molecule has 2 aromatic carbocycles. The summed E-state index contributed by atoms with van der Waals surface area (Å²) < 4.78 is 10.6. The molecule has 0 unspecified atom stereocenters. The van der Waals surface area contributed by atoms with Crippen molar-refractivity contribution in [3.8, 4) is 5.75 Å². The standard InChI is InChI=1S/C21H29N3O2S.HI/c1-3-22-21(23-13-16-27-20-7-5-4-6-8-20)24-17-18-9-11-19(12-10-18)26-15-14-25-2;/h4-12H,3,13-17H2,1-2H3,(H2,22,23,24);1H. The Morgan fingerprint density at radius 1 is 1.00 bits per heavy atom. The van der Waals surface area contributed by atoms with Gasteiger partial charge < -0.3 is 20.1 Å². The lowest BCUT2D eigenvalue weighted by Crippen LogP contribution is -2.38. The van der Waals surface area contributed by atoms with E-state index in [4.69, 9.17) is 9.47 Å². The van der Waals surface area contributed by atoms with Gasteiger partial charge in [-0.1, -0.05) is 30.3 Å². The number of nitrogens with one attached hydrogen (secondary N) is 2. The Balaban J connectivity index is 0.00000392. The minimum atomic E-state index is 0. The minimum absolute atomic E-state index is 0. The maximum absolute atomic E-state index is 5.58. The predicted octanol–water partition coefficient (Wildman–Crippen LogP) is 4.18. The first-order valence-electron chi connectivity index (χ1n) is 9.22. The molecule has 0 atom stereocenters. The quantitative estimate of drug-likeness (QED) is 0.155. The van der Waals surface area contributed by atoms with Crippen LogP contribution >= 0.6 is 35.7 Å². The van der Waals surface area contributed by atoms with E-state index in [0.717, 1.165) is 36.1 Å². The number of hydrogen-bond acceptors (Lipinski definition) is 4. The van der Waals surface area contributed by atoms with Crippen LogP contribution in [0.5, 0.6) is 5.75 Å².